The number of amides is 1. The minimum atomic E-state index is -0.568. The monoisotopic (exact) mass is 315 g/mol. The normalized spacial score (nSPS) is 25.3. The summed E-state index contributed by atoms with van der Waals surface area (Å²) in [5.74, 6) is -0.0183. The third kappa shape index (κ3) is 3.23. The fraction of sp³-hybridized carbons (Fsp3) is 0.444. The average molecular weight is 315 g/mol. The van der Waals surface area contributed by atoms with Crippen molar-refractivity contribution in [2.24, 2.45) is 11.8 Å². The number of fused-ring (bicyclic) bond motifs is 1. The van der Waals surface area contributed by atoms with Gasteiger partial charge in [-0.3, -0.25) is 4.90 Å². The lowest BCUT2D eigenvalue weighted by atomic mass is 9.94. The molecular formula is C18H21NO4. The van der Waals surface area contributed by atoms with Gasteiger partial charge in [0.1, 0.15) is 12.6 Å². The molecule has 3 rings (SSSR count). The molecule has 122 valence electrons. The van der Waals surface area contributed by atoms with Crippen LogP contribution in [0.15, 0.2) is 42.5 Å². The molecule has 0 bridgehead atoms. The van der Waals surface area contributed by atoms with E-state index in [2.05, 4.69) is 6.08 Å². The molecule has 1 aliphatic carbocycles. The van der Waals surface area contributed by atoms with Crippen molar-refractivity contribution in [1.82, 2.24) is 4.90 Å². The maximum atomic E-state index is 12.4. The second kappa shape index (κ2) is 6.86. The van der Waals surface area contributed by atoms with Crippen molar-refractivity contribution in [3.8, 4) is 0 Å². The Bertz CT molecular complexity index is 598. The third-order valence-electron chi connectivity index (χ3n) is 4.44. The van der Waals surface area contributed by atoms with Gasteiger partial charge in [-0.15, -0.1) is 0 Å². The van der Waals surface area contributed by atoms with E-state index in [1.54, 1.807) is 6.92 Å². The summed E-state index contributed by atoms with van der Waals surface area (Å²) in [7, 11) is 0. The standard InChI is InChI=1S/C18H21NO4/c1-2-22-17(20)16-15-10-6-9-14(15)11-19(16)18(21)23-12-13-7-4-3-5-8-13/h3-8,10,14-16H,2,9,11-12H2,1H3/t14-,15-,16-/m0/s1. The van der Waals surface area contributed by atoms with Crippen LogP contribution in [0.5, 0.6) is 0 Å². The Morgan fingerprint density at radius 2 is 2.00 bits per heavy atom. The number of hydrogen-bond donors (Lipinski definition) is 0. The molecule has 0 radical (unpaired) electrons. The second-order valence-electron chi connectivity index (χ2n) is 5.89. The van der Waals surface area contributed by atoms with Crippen LogP contribution in [0.25, 0.3) is 0 Å². The third-order valence-corrected chi connectivity index (χ3v) is 4.44. The molecule has 0 saturated carbocycles. The summed E-state index contributed by atoms with van der Waals surface area (Å²) in [5.41, 5.74) is 0.924. The first-order chi connectivity index (χ1) is 11.2. The maximum absolute atomic E-state index is 12.4. The predicted molar refractivity (Wildman–Crippen MR) is 84.5 cm³/mol. The van der Waals surface area contributed by atoms with Crippen LogP contribution >= 0.6 is 0 Å². The van der Waals surface area contributed by atoms with Gasteiger partial charge in [0.05, 0.1) is 6.61 Å². The van der Waals surface area contributed by atoms with E-state index in [1.807, 2.05) is 36.4 Å². The Morgan fingerprint density at radius 1 is 1.22 bits per heavy atom. The van der Waals surface area contributed by atoms with Crippen LogP contribution < -0.4 is 0 Å². The number of nitrogens with zero attached hydrogens (tertiary/aromatic N) is 1. The maximum Gasteiger partial charge on any atom is 0.410 e. The number of ether oxygens (including phenoxy) is 2. The Morgan fingerprint density at radius 3 is 2.74 bits per heavy atom. The highest BCUT2D eigenvalue weighted by Gasteiger charge is 2.49. The summed E-state index contributed by atoms with van der Waals surface area (Å²) < 4.78 is 10.5. The zero-order valence-electron chi connectivity index (χ0n) is 13.2. The van der Waals surface area contributed by atoms with Crippen molar-refractivity contribution in [2.75, 3.05) is 13.2 Å². The lowest BCUT2D eigenvalue weighted by Crippen LogP contribution is -2.44. The first-order valence-corrected chi connectivity index (χ1v) is 8.01. The number of esters is 1. The van der Waals surface area contributed by atoms with Crippen LogP contribution in [0.3, 0.4) is 0 Å². The van der Waals surface area contributed by atoms with Gasteiger partial charge in [0.15, 0.2) is 0 Å². The molecule has 1 aliphatic heterocycles. The van der Waals surface area contributed by atoms with Crippen LogP contribution in [0.1, 0.15) is 18.9 Å². The van der Waals surface area contributed by atoms with Crippen molar-refractivity contribution in [1.29, 1.82) is 0 Å². The van der Waals surface area contributed by atoms with E-state index in [1.165, 1.54) is 4.90 Å². The minimum Gasteiger partial charge on any atom is -0.464 e. The lowest BCUT2D eigenvalue weighted by molar-refractivity contribution is -0.148. The highest BCUT2D eigenvalue weighted by Crippen LogP contribution is 2.38. The molecule has 1 saturated heterocycles. The molecule has 1 fully saturated rings. The smallest absolute Gasteiger partial charge is 0.410 e. The first kappa shape index (κ1) is 15.6. The zero-order valence-corrected chi connectivity index (χ0v) is 13.2. The van der Waals surface area contributed by atoms with Crippen molar-refractivity contribution >= 4 is 12.1 Å². The molecule has 1 heterocycles. The molecule has 0 N–H and O–H groups in total. The van der Waals surface area contributed by atoms with E-state index in [4.69, 9.17) is 9.47 Å². The summed E-state index contributed by atoms with van der Waals surface area (Å²) in [6.45, 7) is 2.82. The molecule has 23 heavy (non-hydrogen) atoms. The Balaban J connectivity index is 1.68. The molecule has 0 unspecified atom stereocenters. The van der Waals surface area contributed by atoms with Gasteiger partial charge in [-0.1, -0.05) is 42.5 Å². The summed E-state index contributed by atoms with van der Waals surface area (Å²) >= 11 is 0. The average Bonchev–Trinajstić information content (AvgIpc) is 3.14. The molecule has 5 heteroatoms. The van der Waals surface area contributed by atoms with E-state index in [9.17, 15) is 9.59 Å². The van der Waals surface area contributed by atoms with E-state index >= 15 is 0 Å². The van der Waals surface area contributed by atoms with E-state index < -0.39 is 12.1 Å². The predicted octanol–water partition coefficient (Wildman–Crippen LogP) is 2.76. The largest absolute Gasteiger partial charge is 0.464 e. The Labute approximate surface area is 135 Å². The number of carbonyl (C=O) groups excluding carboxylic acids is 2. The van der Waals surface area contributed by atoms with E-state index in [0.29, 0.717) is 13.2 Å². The van der Waals surface area contributed by atoms with Gasteiger partial charge in [-0.2, -0.15) is 0 Å². The number of likely N-dealkylation sites (tertiary alicyclic amines) is 1. The van der Waals surface area contributed by atoms with Crippen LogP contribution in [0.2, 0.25) is 0 Å². The van der Waals surface area contributed by atoms with Gasteiger partial charge in [0.2, 0.25) is 0 Å². The molecule has 1 aromatic carbocycles. The number of allylic oxidation sites excluding steroid dienone is 1. The van der Waals surface area contributed by atoms with Crippen molar-refractivity contribution in [3.05, 3.63) is 48.0 Å². The SMILES string of the molecule is CCOC(=O)[C@@H]1[C@H]2C=CC[C@H]2CN1C(=O)OCc1ccccc1. The Hall–Kier alpha value is -2.30. The van der Waals surface area contributed by atoms with Crippen molar-refractivity contribution in [2.45, 2.75) is 26.0 Å². The molecule has 1 aromatic rings. The summed E-state index contributed by atoms with van der Waals surface area (Å²) in [6, 6.07) is 8.94. The molecule has 0 spiro atoms. The number of rotatable bonds is 4. The topological polar surface area (TPSA) is 55.8 Å². The summed E-state index contributed by atoms with van der Waals surface area (Å²) in [4.78, 5) is 26.2. The minimum absolute atomic E-state index is 0.0401. The number of carbonyl (C=O) groups is 2. The molecule has 2 aliphatic rings. The van der Waals surface area contributed by atoms with Crippen molar-refractivity contribution in [3.63, 3.8) is 0 Å². The first-order valence-electron chi connectivity index (χ1n) is 8.01. The van der Waals surface area contributed by atoms with Gasteiger partial charge in [-0.05, 0) is 24.8 Å². The highest BCUT2D eigenvalue weighted by molar-refractivity contribution is 5.83. The summed E-state index contributed by atoms with van der Waals surface area (Å²) in [6.07, 6.45) is 4.54. The molecule has 5 nitrogen and oxygen atoms in total. The van der Waals surface area contributed by atoms with Gasteiger partial charge >= 0.3 is 12.1 Å². The van der Waals surface area contributed by atoms with E-state index in [-0.39, 0.29) is 24.4 Å². The van der Waals surface area contributed by atoms with Crippen LogP contribution in [-0.4, -0.2) is 36.2 Å². The second-order valence-corrected chi connectivity index (χ2v) is 5.89. The molecular weight excluding hydrogens is 294 g/mol. The summed E-state index contributed by atoms with van der Waals surface area (Å²) in [5, 5.41) is 0. The fourth-order valence-electron chi connectivity index (χ4n) is 3.36. The number of hydrogen-bond acceptors (Lipinski definition) is 4. The van der Waals surface area contributed by atoms with Gasteiger partial charge in [0, 0.05) is 12.5 Å². The fourth-order valence-corrected chi connectivity index (χ4v) is 3.36. The highest BCUT2D eigenvalue weighted by atomic mass is 16.6. The van der Waals surface area contributed by atoms with Crippen LogP contribution in [0, 0.1) is 11.8 Å². The quantitative estimate of drug-likeness (QED) is 0.633. The molecule has 3 atom stereocenters. The van der Waals surface area contributed by atoms with Gasteiger partial charge < -0.3 is 9.47 Å². The van der Waals surface area contributed by atoms with Crippen LogP contribution in [-0.2, 0) is 20.9 Å². The van der Waals surface area contributed by atoms with Crippen molar-refractivity contribution < 1.29 is 19.1 Å². The Kier molecular flexibility index (Phi) is 4.65. The zero-order chi connectivity index (χ0) is 16.2. The molecule has 0 aromatic heterocycles. The number of benzene rings is 1. The van der Waals surface area contributed by atoms with Gasteiger partial charge in [0.25, 0.3) is 0 Å². The van der Waals surface area contributed by atoms with Gasteiger partial charge in [-0.25, -0.2) is 9.59 Å². The lowest BCUT2D eigenvalue weighted by Gasteiger charge is -2.24. The van der Waals surface area contributed by atoms with Crippen LogP contribution in [0.4, 0.5) is 4.79 Å². The van der Waals surface area contributed by atoms with E-state index in [0.717, 1.165) is 12.0 Å². The molecule has 1 amide bonds.